The molecule has 2 aromatic rings. The molecule has 0 radical (unpaired) electrons. The van der Waals surface area contributed by atoms with Gasteiger partial charge in [0.2, 0.25) is 0 Å². The van der Waals surface area contributed by atoms with Crippen molar-refractivity contribution in [2.24, 2.45) is 0 Å². The van der Waals surface area contributed by atoms with Crippen LogP contribution in [0.15, 0.2) is 24.4 Å². The second-order valence-electron chi connectivity index (χ2n) is 4.17. The summed E-state index contributed by atoms with van der Waals surface area (Å²) < 4.78 is 0. The molecule has 0 bridgehead atoms. The Labute approximate surface area is 105 Å². The van der Waals surface area contributed by atoms with Crippen LogP contribution in [0.1, 0.15) is 40.2 Å². The lowest BCUT2D eigenvalue weighted by atomic mass is 9.98. The fraction of sp³-hybridized carbons (Fsp3) is 0.385. The second-order valence-corrected chi connectivity index (χ2v) is 5.41. The highest BCUT2D eigenvalue weighted by molar-refractivity contribution is 7.11. The fourth-order valence-corrected chi connectivity index (χ4v) is 2.87. The lowest BCUT2D eigenvalue weighted by Gasteiger charge is -2.17. The summed E-state index contributed by atoms with van der Waals surface area (Å²) >= 11 is 1.56. The van der Waals surface area contributed by atoms with Crippen LogP contribution in [-0.4, -0.2) is 15.1 Å². The largest absolute Gasteiger partial charge is 0.387 e. The van der Waals surface area contributed by atoms with E-state index in [2.05, 4.69) is 9.97 Å². The molecule has 0 aliphatic rings. The van der Waals surface area contributed by atoms with Crippen molar-refractivity contribution in [3.05, 3.63) is 45.7 Å². The lowest BCUT2D eigenvalue weighted by Crippen LogP contribution is -2.08. The number of pyridine rings is 1. The van der Waals surface area contributed by atoms with Crippen molar-refractivity contribution in [3.8, 4) is 0 Å². The molecular weight excluding hydrogens is 232 g/mol. The molecule has 0 saturated heterocycles. The Morgan fingerprint density at radius 3 is 2.59 bits per heavy atom. The first kappa shape index (κ1) is 12.2. The summed E-state index contributed by atoms with van der Waals surface area (Å²) in [5.74, 6) is -0.0188. The van der Waals surface area contributed by atoms with E-state index in [0.29, 0.717) is 0 Å². The first-order chi connectivity index (χ1) is 8.09. The number of aliphatic hydroxyl groups is 1. The van der Waals surface area contributed by atoms with E-state index in [9.17, 15) is 5.11 Å². The summed E-state index contributed by atoms with van der Waals surface area (Å²) in [6.07, 6.45) is 1.22. The van der Waals surface area contributed by atoms with Crippen LogP contribution in [0.4, 0.5) is 0 Å². The molecule has 0 fully saturated rings. The van der Waals surface area contributed by atoms with Crippen LogP contribution in [-0.2, 0) is 0 Å². The van der Waals surface area contributed by atoms with Crippen molar-refractivity contribution in [1.82, 2.24) is 9.97 Å². The van der Waals surface area contributed by atoms with Crippen LogP contribution in [0.5, 0.6) is 0 Å². The minimum Gasteiger partial charge on any atom is -0.387 e. The van der Waals surface area contributed by atoms with Gasteiger partial charge in [-0.3, -0.25) is 4.98 Å². The molecule has 0 amide bonds. The summed E-state index contributed by atoms with van der Waals surface area (Å²) in [5, 5.41) is 11.4. The van der Waals surface area contributed by atoms with Crippen molar-refractivity contribution in [3.63, 3.8) is 0 Å². The molecule has 2 aromatic heterocycles. The van der Waals surface area contributed by atoms with E-state index >= 15 is 0 Å². The Morgan fingerprint density at radius 1 is 1.29 bits per heavy atom. The summed E-state index contributed by atoms with van der Waals surface area (Å²) in [6.45, 7) is 5.88. The summed E-state index contributed by atoms with van der Waals surface area (Å²) in [6, 6.07) is 5.76. The van der Waals surface area contributed by atoms with Gasteiger partial charge in [-0.15, -0.1) is 11.3 Å². The monoisotopic (exact) mass is 248 g/mol. The average molecular weight is 248 g/mol. The number of aryl methyl sites for hydroxylation is 2. The van der Waals surface area contributed by atoms with E-state index in [0.717, 1.165) is 21.3 Å². The maximum atomic E-state index is 10.4. The SMILES string of the molecule is Cc1nc(C)c(C(O)C(C)c2ccccn2)s1. The van der Waals surface area contributed by atoms with Crippen molar-refractivity contribution in [2.75, 3.05) is 0 Å². The van der Waals surface area contributed by atoms with Gasteiger partial charge in [-0.2, -0.15) is 0 Å². The predicted molar refractivity (Wildman–Crippen MR) is 69.2 cm³/mol. The molecule has 4 heteroatoms. The van der Waals surface area contributed by atoms with Crippen LogP contribution in [0.3, 0.4) is 0 Å². The molecule has 0 aliphatic heterocycles. The van der Waals surface area contributed by atoms with Crippen molar-refractivity contribution >= 4 is 11.3 Å². The molecule has 0 spiro atoms. The van der Waals surface area contributed by atoms with Crippen molar-refractivity contribution < 1.29 is 5.11 Å². The van der Waals surface area contributed by atoms with E-state index in [1.165, 1.54) is 0 Å². The van der Waals surface area contributed by atoms with Gasteiger partial charge in [0, 0.05) is 17.8 Å². The highest BCUT2D eigenvalue weighted by atomic mass is 32.1. The van der Waals surface area contributed by atoms with Gasteiger partial charge in [-0.1, -0.05) is 13.0 Å². The van der Waals surface area contributed by atoms with Gasteiger partial charge in [0.25, 0.3) is 0 Å². The molecule has 2 atom stereocenters. The number of hydrogen-bond acceptors (Lipinski definition) is 4. The number of nitrogens with zero attached hydrogens (tertiary/aromatic N) is 2. The Balaban J connectivity index is 2.26. The first-order valence-corrected chi connectivity index (χ1v) is 6.44. The molecule has 17 heavy (non-hydrogen) atoms. The van der Waals surface area contributed by atoms with Gasteiger partial charge in [0.05, 0.1) is 21.7 Å². The number of aromatic nitrogens is 2. The van der Waals surface area contributed by atoms with Crippen molar-refractivity contribution in [1.29, 1.82) is 0 Å². The van der Waals surface area contributed by atoms with Crippen LogP contribution in [0.25, 0.3) is 0 Å². The van der Waals surface area contributed by atoms with E-state index in [1.807, 2.05) is 39.0 Å². The van der Waals surface area contributed by atoms with Gasteiger partial charge in [-0.25, -0.2) is 4.98 Å². The zero-order valence-corrected chi connectivity index (χ0v) is 11.0. The number of aliphatic hydroxyl groups excluding tert-OH is 1. The lowest BCUT2D eigenvalue weighted by molar-refractivity contribution is 0.153. The third kappa shape index (κ3) is 2.53. The van der Waals surface area contributed by atoms with Crippen LogP contribution in [0, 0.1) is 13.8 Å². The van der Waals surface area contributed by atoms with E-state index in [-0.39, 0.29) is 5.92 Å². The molecule has 0 aliphatic carbocycles. The summed E-state index contributed by atoms with van der Waals surface area (Å²) in [5.41, 5.74) is 1.83. The standard InChI is InChI=1S/C13H16N2OS/c1-8(11-6-4-5-7-14-11)12(16)13-9(2)15-10(3)17-13/h4-8,12,16H,1-3H3. The Morgan fingerprint density at radius 2 is 2.06 bits per heavy atom. The normalized spacial score (nSPS) is 14.6. The third-order valence-corrected chi connectivity index (χ3v) is 3.98. The Kier molecular flexibility index (Phi) is 3.54. The molecular formula is C13H16N2OS. The highest BCUT2D eigenvalue weighted by Gasteiger charge is 2.23. The predicted octanol–water partition coefficient (Wildman–Crippen LogP) is 2.99. The van der Waals surface area contributed by atoms with Gasteiger partial charge in [-0.05, 0) is 26.0 Å². The maximum Gasteiger partial charge on any atom is 0.0981 e. The van der Waals surface area contributed by atoms with Gasteiger partial charge in [0.1, 0.15) is 0 Å². The highest BCUT2D eigenvalue weighted by Crippen LogP contribution is 2.34. The molecule has 0 aromatic carbocycles. The summed E-state index contributed by atoms with van der Waals surface area (Å²) in [7, 11) is 0. The molecule has 0 saturated carbocycles. The second kappa shape index (κ2) is 4.94. The van der Waals surface area contributed by atoms with Gasteiger partial charge in [0.15, 0.2) is 0 Å². The first-order valence-electron chi connectivity index (χ1n) is 5.62. The Bertz CT molecular complexity index is 495. The minimum atomic E-state index is -0.531. The molecule has 90 valence electrons. The number of hydrogen-bond donors (Lipinski definition) is 1. The molecule has 2 unspecified atom stereocenters. The molecule has 2 rings (SSSR count). The molecule has 2 heterocycles. The third-order valence-electron chi connectivity index (χ3n) is 2.84. The molecule has 1 N–H and O–H groups in total. The topological polar surface area (TPSA) is 46.0 Å². The van der Waals surface area contributed by atoms with E-state index in [1.54, 1.807) is 17.5 Å². The van der Waals surface area contributed by atoms with Gasteiger partial charge < -0.3 is 5.11 Å². The molecule has 3 nitrogen and oxygen atoms in total. The number of thiazole rings is 1. The zero-order valence-electron chi connectivity index (χ0n) is 10.2. The van der Waals surface area contributed by atoms with Crippen LogP contribution >= 0.6 is 11.3 Å². The summed E-state index contributed by atoms with van der Waals surface area (Å²) in [4.78, 5) is 9.58. The number of rotatable bonds is 3. The van der Waals surface area contributed by atoms with E-state index < -0.39 is 6.10 Å². The zero-order chi connectivity index (χ0) is 12.4. The fourth-order valence-electron chi connectivity index (χ4n) is 1.86. The minimum absolute atomic E-state index is 0.0188. The average Bonchev–Trinajstić information content (AvgIpc) is 2.68. The van der Waals surface area contributed by atoms with Crippen LogP contribution < -0.4 is 0 Å². The smallest absolute Gasteiger partial charge is 0.0981 e. The van der Waals surface area contributed by atoms with Gasteiger partial charge >= 0.3 is 0 Å². The van der Waals surface area contributed by atoms with E-state index in [4.69, 9.17) is 0 Å². The van der Waals surface area contributed by atoms with Crippen molar-refractivity contribution in [2.45, 2.75) is 32.8 Å². The maximum absolute atomic E-state index is 10.4. The van der Waals surface area contributed by atoms with Crippen LogP contribution in [0.2, 0.25) is 0 Å². The quantitative estimate of drug-likeness (QED) is 0.908. The Hall–Kier alpha value is -1.26.